The number of rotatable bonds is 7. The molecular weight excluding hydrogens is 328 g/mol. The number of nitrogens with one attached hydrogen (secondary N) is 1. The van der Waals surface area contributed by atoms with Gasteiger partial charge in [0.2, 0.25) is 11.8 Å². The molecule has 1 saturated heterocycles. The zero-order chi connectivity index (χ0) is 18.5. The van der Waals surface area contributed by atoms with E-state index in [1.807, 2.05) is 43.0 Å². The molecule has 0 unspecified atom stereocenters. The molecule has 1 N–H and O–H groups in total. The maximum Gasteiger partial charge on any atom is 0.225 e. The third kappa shape index (κ3) is 5.23. The van der Waals surface area contributed by atoms with Crippen molar-refractivity contribution in [1.82, 2.24) is 10.2 Å². The van der Waals surface area contributed by atoms with Gasteiger partial charge in [-0.1, -0.05) is 12.1 Å². The van der Waals surface area contributed by atoms with Crippen LogP contribution in [0.15, 0.2) is 24.3 Å². The Morgan fingerprint density at radius 1 is 1.08 bits per heavy atom. The van der Waals surface area contributed by atoms with Gasteiger partial charge in [-0.25, -0.2) is 0 Å². The standard InChI is InChI=1S/C21H30N2O3/c1-15(2)26-19-7-3-16(4-8-19)9-12-22-20(24)17-10-13-23(14-11-17)21(25)18-5-6-18/h3-4,7-8,15,17-18H,5-6,9-14H2,1-2H3,(H,22,24). The number of piperidine rings is 1. The summed E-state index contributed by atoms with van der Waals surface area (Å²) in [6, 6.07) is 8.05. The summed E-state index contributed by atoms with van der Waals surface area (Å²) in [6.07, 6.45) is 4.64. The summed E-state index contributed by atoms with van der Waals surface area (Å²) in [7, 11) is 0. The van der Waals surface area contributed by atoms with Crippen molar-refractivity contribution in [3.05, 3.63) is 29.8 Å². The first-order valence-corrected chi connectivity index (χ1v) is 9.85. The van der Waals surface area contributed by atoms with Crippen molar-refractivity contribution < 1.29 is 14.3 Å². The largest absolute Gasteiger partial charge is 0.491 e. The predicted molar refractivity (Wildman–Crippen MR) is 101 cm³/mol. The molecule has 1 aliphatic heterocycles. The summed E-state index contributed by atoms with van der Waals surface area (Å²) < 4.78 is 5.64. The van der Waals surface area contributed by atoms with E-state index in [1.54, 1.807) is 0 Å². The number of likely N-dealkylation sites (tertiary alicyclic amines) is 1. The molecular formula is C21H30N2O3. The molecule has 1 saturated carbocycles. The molecule has 0 bridgehead atoms. The van der Waals surface area contributed by atoms with E-state index >= 15 is 0 Å². The third-order valence-electron chi connectivity index (χ3n) is 5.11. The Bertz CT molecular complexity index is 615. The average Bonchev–Trinajstić information content (AvgIpc) is 3.47. The van der Waals surface area contributed by atoms with Crippen molar-refractivity contribution in [3.8, 4) is 5.75 Å². The monoisotopic (exact) mass is 358 g/mol. The smallest absolute Gasteiger partial charge is 0.225 e. The van der Waals surface area contributed by atoms with Gasteiger partial charge >= 0.3 is 0 Å². The lowest BCUT2D eigenvalue weighted by Crippen LogP contribution is -2.43. The molecule has 5 nitrogen and oxygen atoms in total. The van der Waals surface area contributed by atoms with Gasteiger partial charge in [-0.3, -0.25) is 9.59 Å². The Morgan fingerprint density at radius 2 is 1.73 bits per heavy atom. The number of nitrogens with zero attached hydrogens (tertiary/aromatic N) is 1. The van der Waals surface area contributed by atoms with Gasteiger partial charge in [0.1, 0.15) is 5.75 Å². The van der Waals surface area contributed by atoms with Gasteiger partial charge in [0.15, 0.2) is 0 Å². The Hall–Kier alpha value is -2.04. The molecule has 0 spiro atoms. The van der Waals surface area contributed by atoms with E-state index in [0.717, 1.165) is 50.9 Å². The Morgan fingerprint density at radius 3 is 2.31 bits per heavy atom. The highest BCUT2D eigenvalue weighted by atomic mass is 16.5. The van der Waals surface area contributed by atoms with Crippen molar-refractivity contribution in [1.29, 1.82) is 0 Å². The van der Waals surface area contributed by atoms with Gasteiger partial charge < -0.3 is 15.0 Å². The lowest BCUT2D eigenvalue weighted by Gasteiger charge is -2.31. The molecule has 3 rings (SSSR count). The number of carbonyl (C=O) groups is 2. The minimum absolute atomic E-state index is 0.0417. The zero-order valence-corrected chi connectivity index (χ0v) is 15.9. The first-order valence-electron chi connectivity index (χ1n) is 9.85. The SMILES string of the molecule is CC(C)Oc1ccc(CCNC(=O)C2CCN(C(=O)C3CC3)CC2)cc1. The van der Waals surface area contributed by atoms with Crippen LogP contribution in [0.2, 0.25) is 0 Å². The summed E-state index contributed by atoms with van der Waals surface area (Å²) >= 11 is 0. The number of amides is 2. The fourth-order valence-electron chi connectivity index (χ4n) is 3.43. The van der Waals surface area contributed by atoms with E-state index in [1.165, 1.54) is 5.56 Å². The Labute approximate surface area is 156 Å². The first kappa shape index (κ1) is 18.7. The molecule has 1 aliphatic carbocycles. The van der Waals surface area contributed by atoms with E-state index in [9.17, 15) is 9.59 Å². The quantitative estimate of drug-likeness (QED) is 0.815. The lowest BCUT2D eigenvalue weighted by atomic mass is 9.95. The predicted octanol–water partition coefficient (Wildman–Crippen LogP) is 2.78. The van der Waals surface area contributed by atoms with E-state index in [4.69, 9.17) is 4.74 Å². The van der Waals surface area contributed by atoms with Crippen LogP contribution in [0.25, 0.3) is 0 Å². The van der Waals surface area contributed by atoms with Crippen LogP contribution in [0.5, 0.6) is 5.75 Å². The van der Waals surface area contributed by atoms with Gasteiger partial charge in [0.25, 0.3) is 0 Å². The molecule has 1 aromatic rings. The zero-order valence-electron chi connectivity index (χ0n) is 15.9. The van der Waals surface area contributed by atoms with Crippen molar-refractivity contribution in [2.45, 2.75) is 52.1 Å². The molecule has 2 fully saturated rings. The lowest BCUT2D eigenvalue weighted by molar-refractivity contribution is -0.136. The maximum atomic E-state index is 12.4. The van der Waals surface area contributed by atoms with Crippen molar-refractivity contribution in [2.75, 3.05) is 19.6 Å². The van der Waals surface area contributed by atoms with E-state index in [2.05, 4.69) is 5.32 Å². The summed E-state index contributed by atoms with van der Waals surface area (Å²) in [4.78, 5) is 26.4. The van der Waals surface area contributed by atoms with Crippen LogP contribution in [0, 0.1) is 11.8 Å². The van der Waals surface area contributed by atoms with Gasteiger partial charge in [-0.05, 0) is 63.6 Å². The van der Waals surface area contributed by atoms with Crippen molar-refractivity contribution >= 4 is 11.8 Å². The van der Waals surface area contributed by atoms with Crippen LogP contribution >= 0.6 is 0 Å². The van der Waals surface area contributed by atoms with Crippen molar-refractivity contribution in [3.63, 3.8) is 0 Å². The fraction of sp³-hybridized carbons (Fsp3) is 0.619. The van der Waals surface area contributed by atoms with Gasteiger partial charge in [0, 0.05) is 31.5 Å². The molecule has 2 amide bonds. The highest BCUT2D eigenvalue weighted by Crippen LogP contribution is 2.32. The first-order chi connectivity index (χ1) is 12.5. The second kappa shape index (κ2) is 8.56. The second-order valence-electron chi connectivity index (χ2n) is 7.73. The normalized spacial score (nSPS) is 18.0. The second-order valence-corrected chi connectivity index (χ2v) is 7.73. The summed E-state index contributed by atoms with van der Waals surface area (Å²) in [5.74, 6) is 1.62. The number of benzene rings is 1. The van der Waals surface area contributed by atoms with E-state index < -0.39 is 0 Å². The number of hydrogen-bond acceptors (Lipinski definition) is 3. The highest BCUT2D eigenvalue weighted by Gasteiger charge is 2.35. The summed E-state index contributed by atoms with van der Waals surface area (Å²) in [5.41, 5.74) is 1.19. The minimum atomic E-state index is 0.0417. The van der Waals surface area contributed by atoms with E-state index in [0.29, 0.717) is 12.5 Å². The van der Waals surface area contributed by atoms with E-state index in [-0.39, 0.29) is 23.8 Å². The highest BCUT2D eigenvalue weighted by molar-refractivity contribution is 5.82. The molecule has 0 radical (unpaired) electrons. The van der Waals surface area contributed by atoms with Gasteiger partial charge in [-0.2, -0.15) is 0 Å². The van der Waals surface area contributed by atoms with Crippen LogP contribution in [0.4, 0.5) is 0 Å². The molecule has 1 heterocycles. The Balaban J connectivity index is 1.36. The molecule has 2 aliphatic rings. The number of carbonyl (C=O) groups excluding carboxylic acids is 2. The average molecular weight is 358 g/mol. The molecule has 26 heavy (non-hydrogen) atoms. The van der Waals surface area contributed by atoms with Crippen LogP contribution in [-0.2, 0) is 16.0 Å². The van der Waals surface area contributed by atoms with Crippen LogP contribution in [0.3, 0.4) is 0 Å². The third-order valence-corrected chi connectivity index (χ3v) is 5.11. The number of ether oxygens (including phenoxy) is 1. The fourth-order valence-corrected chi connectivity index (χ4v) is 3.43. The van der Waals surface area contributed by atoms with Crippen molar-refractivity contribution in [2.24, 2.45) is 11.8 Å². The molecule has 142 valence electrons. The van der Waals surface area contributed by atoms with Gasteiger partial charge in [-0.15, -0.1) is 0 Å². The summed E-state index contributed by atoms with van der Waals surface area (Å²) in [6.45, 7) is 6.12. The Kier molecular flexibility index (Phi) is 6.17. The minimum Gasteiger partial charge on any atom is -0.491 e. The maximum absolute atomic E-state index is 12.4. The molecule has 0 aromatic heterocycles. The van der Waals surface area contributed by atoms with Gasteiger partial charge in [0.05, 0.1) is 6.10 Å². The molecule has 1 aromatic carbocycles. The molecule has 5 heteroatoms. The van der Waals surface area contributed by atoms with Crippen LogP contribution in [0.1, 0.15) is 45.1 Å². The topological polar surface area (TPSA) is 58.6 Å². The number of hydrogen-bond donors (Lipinski definition) is 1. The molecule has 0 atom stereocenters. The van der Waals surface area contributed by atoms with Crippen LogP contribution in [-0.4, -0.2) is 42.5 Å². The van der Waals surface area contributed by atoms with Crippen LogP contribution < -0.4 is 10.1 Å². The summed E-state index contributed by atoms with van der Waals surface area (Å²) in [5, 5.41) is 3.05.